The zero-order chi connectivity index (χ0) is 8.27. The predicted octanol–water partition coefficient (Wildman–Crippen LogP) is 1.29. The summed E-state index contributed by atoms with van der Waals surface area (Å²) in [5.41, 5.74) is 2.46. The van der Waals surface area contributed by atoms with Crippen LogP contribution in [-0.2, 0) is 0 Å². The summed E-state index contributed by atoms with van der Waals surface area (Å²) in [6.07, 6.45) is 1.51. The van der Waals surface area contributed by atoms with Gasteiger partial charge in [-0.05, 0) is 34.7 Å². The molecule has 0 aliphatic heterocycles. The van der Waals surface area contributed by atoms with E-state index < -0.39 is 5.03 Å². The molecule has 1 aromatic rings. The smallest absolute Gasteiger partial charge is 0.162 e. The van der Waals surface area contributed by atoms with Gasteiger partial charge in [0.25, 0.3) is 0 Å². The van der Waals surface area contributed by atoms with Gasteiger partial charge in [-0.25, -0.2) is 10.1 Å². The molecule has 0 bridgehead atoms. The molecule has 0 saturated carbocycles. The lowest BCUT2D eigenvalue weighted by Crippen LogP contribution is -2.07. The van der Waals surface area contributed by atoms with Gasteiger partial charge < -0.3 is 0 Å². The number of nitro groups is 1. The molecular weight excluding hydrogens is 261 g/mol. The molecular formula is C5H4IN3O2. The summed E-state index contributed by atoms with van der Waals surface area (Å²) in [5, 5.41) is 9.35. The van der Waals surface area contributed by atoms with Gasteiger partial charge in [-0.3, -0.25) is 4.98 Å². The number of hydrazine groups is 1. The zero-order valence-electron chi connectivity index (χ0n) is 5.32. The standard InChI is InChI=1S/C5H4IN3O2/c6-5-3-4(1-2-7-5)8-9(10)11/h1-3H,(H,7,8). The van der Waals surface area contributed by atoms with E-state index in [9.17, 15) is 10.1 Å². The van der Waals surface area contributed by atoms with E-state index in [1.807, 2.05) is 28.0 Å². The first kappa shape index (κ1) is 8.18. The average Bonchev–Trinajstić information content (AvgIpc) is 1.85. The molecule has 1 heterocycles. The van der Waals surface area contributed by atoms with Crippen molar-refractivity contribution in [3.8, 4) is 0 Å². The van der Waals surface area contributed by atoms with Crippen LogP contribution in [0.5, 0.6) is 0 Å². The first-order valence-electron chi connectivity index (χ1n) is 2.71. The van der Waals surface area contributed by atoms with Crippen molar-refractivity contribution < 1.29 is 5.03 Å². The Hall–Kier alpha value is -0.920. The number of nitrogens with zero attached hydrogens (tertiary/aromatic N) is 2. The van der Waals surface area contributed by atoms with Crippen molar-refractivity contribution >= 4 is 28.3 Å². The summed E-state index contributed by atoms with van der Waals surface area (Å²) < 4.78 is 0.717. The minimum Gasteiger partial charge on any atom is -0.250 e. The Morgan fingerprint density at radius 2 is 2.45 bits per heavy atom. The van der Waals surface area contributed by atoms with Crippen molar-refractivity contribution in [1.82, 2.24) is 4.98 Å². The molecule has 0 atom stereocenters. The molecule has 0 radical (unpaired) electrons. The molecule has 0 unspecified atom stereocenters. The van der Waals surface area contributed by atoms with Crippen LogP contribution in [0, 0.1) is 13.8 Å². The predicted molar refractivity (Wildman–Crippen MR) is 47.6 cm³/mol. The summed E-state index contributed by atoms with van der Waals surface area (Å²) >= 11 is 1.98. The van der Waals surface area contributed by atoms with E-state index in [0.29, 0.717) is 5.69 Å². The third-order valence-corrected chi connectivity index (χ3v) is 1.54. The maximum absolute atomic E-state index is 9.95. The van der Waals surface area contributed by atoms with Crippen LogP contribution in [0.15, 0.2) is 18.3 Å². The summed E-state index contributed by atoms with van der Waals surface area (Å²) in [7, 11) is 0. The van der Waals surface area contributed by atoms with E-state index >= 15 is 0 Å². The Morgan fingerprint density at radius 1 is 1.73 bits per heavy atom. The van der Waals surface area contributed by atoms with Gasteiger partial charge >= 0.3 is 0 Å². The number of hydrogen-bond acceptors (Lipinski definition) is 3. The van der Waals surface area contributed by atoms with Gasteiger partial charge in [0, 0.05) is 6.20 Å². The van der Waals surface area contributed by atoms with Gasteiger partial charge in [0.1, 0.15) is 9.39 Å². The molecule has 11 heavy (non-hydrogen) atoms. The maximum Gasteiger partial charge on any atom is 0.162 e. The van der Waals surface area contributed by atoms with E-state index in [1.54, 1.807) is 6.07 Å². The molecule has 1 aromatic heterocycles. The van der Waals surface area contributed by atoms with E-state index in [2.05, 4.69) is 4.98 Å². The summed E-state index contributed by atoms with van der Waals surface area (Å²) in [4.78, 5) is 13.8. The second-order valence-electron chi connectivity index (χ2n) is 1.74. The largest absolute Gasteiger partial charge is 0.250 e. The van der Waals surface area contributed by atoms with Crippen molar-refractivity contribution in [3.63, 3.8) is 0 Å². The Morgan fingerprint density at radius 3 is 3.00 bits per heavy atom. The van der Waals surface area contributed by atoms with E-state index in [4.69, 9.17) is 0 Å². The first-order chi connectivity index (χ1) is 5.18. The fraction of sp³-hybridized carbons (Fsp3) is 0. The van der Waals surface area contributed by atoms with Gasteiger partial charge in [-0.15, -0.1) is 5.43 Å². The molecule has 5 nitrogen and oxygen atoms in total. The SMILES string of the molecule is O=[N+]([O-])Nc1ccnc(I)c1. The highest BCUT2D eigenvalue weighted by atomic mass is 127. The molecule has 0 saturated heterocycles. The van der Waals surface area contributed by atoms with Crippen LogP contribution in [0.2, 0.25) is 0 Å². The lowest BCUT2D eigenvalue weighted by molar-refractivity contribution is -0.445. The third-order valence-electron chi connectivity index (χ3n) is 0.947. The van der Waals surface area contributed by atoms with Crippen LogP contribution in [0.1, 0.15) is 0 Å². The number of anilines is 1. The van der Waals surface area contributed by atoms with Crippen LogP contribution in [0.25, 0.3) is 0 Å². The fourth-order valence-electron chi connectivity index (χ4n) is 0.577. The third kappa shape index (κ3) is 2.66. The highest BCUT2D eigenvalue weighted by Crippen LogP contribution is 2.08. The summed E-state index contributed by atoms with van der Waals surface area (Å²) in [6.45, 7) is 0. The number of pyridine rings is 1. The maximum atomic E-state index is 9.95. The van der Waals surface area contributed by atoms with Gasteiger partial charge in [-0.1, -0.05) is 0 Å². The van der Waals surface area contributed by atoms with Crippen LogP contribution in [-0.4, -0.2) is 10.0 Å². The Bertz CT molecular complexity index is 278. The van der Waals surface area contributed by atoms with E-state index in [0.717, 1.165) is 3.70 Å². The number of aromatic nitrogens is 1. The number of nitrogens with one attached hydrogen (secondary N) is 1. The van der Waals surface area contributed by atoms with Crippen LogP contribution in [0.4, 0.5) is 5.69 Å². The molecule has 58 valence electrons. The van der Waals surface area contributed by atoms with Gasteiger partial charge in [0.2, 0.25) is 0 Å². The minimum absolute atomic E-state index is 0.439. The zero-order valence-corrected chi connectivity index (χ0v) is 7.48. The minimum atomic E-state index is -0.606. The van der Waals surface area contributed by atoms with Gasteiger partial charge in [0.15, 0.2) is 5.03 Å². The van der Waals surface area contributed by atoms with Crippen LogP contribution >= 0.6 is 22.6 Å². The number of halogens is 1. The van der Waals surface area contributed by atoms with E-state index in [-0.39, 0.29) is 0 Å². The summed E-state index contributed by atoms with van der Waals surface area (Å²) in [5.74, 6) is 0. The lowest BCUT2D eigenvalue weighted by Gasteiger charge is -1.95. The fourth-order valence-corrected chi connectivity index (χ4v) is 1.07. The monoisotopic (exact) mass is 265 g/mol. The van der Waals surface area contributed by atoms with Crippen LogP contribution in [0.3, 0.4) is 0 Å². The summed E-state index contributed by atoms with van der Waals surface area (Å²) in [6, 6.07) is 3.12. The molecule has 0 spiro atoms. The number of rotatable bonds is 2. The molecule has 0 aliphatic carbocycles. The number of hydrogen-bond donors (Lipinski definition) is 1. The van der Waals surface area contributed by atoms with Gasteiger partial charge in [0.05, 0.1) is 0 Å². The molecule has 0 fully saturated rings. The molecule has 1 rings (SSSR count). The first-order valence-corrected chi connectivity index (χ1v) is 3.79. The average molecular weight is 265 g/mol. The topological polar surface area (TPSA) is 68.1 Å². The van der Waals surface area contributed by atoms with Crippen molar-refractivity contribution in [3.05, 3.63) is 32.1 Å². The Kier molecular flexibility index (Phi) is 2.58. The second kappa shape index (κ2) is 3.46. The molecule has 0 aromatic carbocycles. The van der Waals surface area contributed by atoms with Crippen molar-refractivity contribution in [2.45, 2.75) is 0 Å². The van der Waals surface area contributed by atoms with Crippen LogP contribution < -0.4 is 5.43 Å². The molecule has 0 aliphatic rings. The van der Waals surface area contributed by atoms with E-state index in [1.165, 1.54) is 12.3 Å². The van der Waals surface area contributed by atoms with Crippen molar-refractivity contribution in [1.29, 1.82) is 0 Å². The Balaban J connectivity index is 2.79. The molecule has 1 N–H and O–H groups in total. The highest BCUT2D eigenvalue weighted by Gasteiger charge is 1.98. The lowest BCUT2D eigenvalue weighted by atomic mass is 10.4. The van der Waals surface area contributed by atoms with Crippen molar-refractivity contribution in [2.75, 3.05) is 5.43 Å². The molecule has 6 heteroatoms. The van der Waals surface area contributed by atoms with Crippen molar-refractivity contribution in [2.24, 2.45) is 0 Å². The highest BCUT2D eigenvalue weighted by molar-refractivity contribution is 14.1. The quantitative estimate of drug-likeness (QED) is 0.378. The Labute approximate surface area is 76.1 Å². The second-order valence-corrected chi connectivity index (χ2v) is 2.84. The molecule has 0 amide bonds. The normalized spacial score (nSPS) is 9.18. The van der Waals surface area contributed by atoms with Gasteiger partial charge in [-0.2, -0.15) is 0 Å².